The van der Waals surface area contributed by atoms with Crippen LogP contribution in [0.1, 0.15) is 6.42 Å². The van der Waals surface area contributed by atoms with Crippen LogP contribution in [-0.2, 0) is 14.8 Å². The average molecular weight is 328 g/mol. The number of carbonyl (C=O) groups excluding carboxylic acids is 1. The number of benzene rings is 1. The first-order chi connectivity index (χ1) is 10.1. The van der Waals surface area contributed by atoms with E-state index >= 15 is 0 Å². The van der Waals surface area contributed by atoms with Gasteiger partial charge in [0.15, 0.2) is 0 Å². The zero-order valence-corrected chi connectivity index (χ0v) is 13.0. The second-order valence-corrected chi connectivity index (χ2v) is 7.84. The third-order valence-electron chi connectivity index (χ3n) is 3.48. The molecule has 0 spiro atoms. The Morgan fingerprint density at radius 1 is 1.14 bits per heavy atom. The van der Waals surface area contributed by atoms with Crippen molar-refractivity contribution in [2.75, 3.05) is 36.2 Å². The summed E-state index contributed by atoms with van der Waals surface area (Å²) in [5, 5.41) is 0. The quantitative estimate of drug-likeness (QED) is 0.845. The summed E-state index contributed by atoms with van der Waals surface area (Å²) in [4.78, 5) is 13.2. The molecule has 6 nitrogen and oxygen atoms in total. The molecule has 1 aromatic rings. The van der Waals surface area contributed by atoms with E-state index in [0.29, 0.717) is 31.3 Å². The summed E-state index contributed by atoms with van der Waals surface area (Å²) in [7, 11) is -3.44. The molecule has 21 heavy (non-hydrogen) atoms. The number of thioether (sulfide) groups is 1. The Kier molecular flexibility index (Phi) is 4.10. The van der Waals surface area contributed by atoms with Crippen LogP contribution < -0.4 is 4.90 Å². The van der Waals surface area contributed by atoms with E-state index in [4.69, 9.17) is 4.74 Å². The lowest BCUT2D eigenvalue weighted by Gasteiger charge is -2.25. The molecule has 0 atom stereocenters. The Balaban J connectivity index is 1.81. The molecule has 0 unspecified atom stereocenters. The number of hydrogen-bond donors (Lipinski definition) is 0. The van der Waals surface area contributed by atoms with Crippen molar-refractivity contribution in [2.45, 2.75) is 11.3 Å². The van der Waals surface area contributed by atoms with Gasteiger partial charge in [-0.1, -0.05) is 0 Å². The van der Waals surface area contributed by atoms with Crippen molar-refractivity contribution in [1.82, 2.24) is 4.31 Å². The van der Waals surface area contributed by atoms with Gasteiger partial charge in [-0.25, -0.2) is 13.2 Å². The summed E-state index contributed by atoms with van der Waals surface area (Å²) < 4.78 is 31.4. The van der Waals surface area contributed by atoms with Gasteiger partial charge < -0.3 is 4.74 Å². The summed E-state index contributed by atoms with van der Waals surface area (Å²) >= 11 is 1.63. The van der Waals surface area contributed by atoms with Crippen LogP contribution in [0.3, 0.4) is 0 Å². The molecule has 3 rings (SSSR count). The fraction of sp³-hybridized carbons (Fsp3) is 0.462. The van der Waals surface area contributed by atoms with E-state index in [1.165, 1.54) is 9.21 Å². The summed E-state index contributed by atoms with van der Waals surface area (Å²) in [5.74, 6) is 1.50. The smallest absolute Gasteiger partial charge is 0.414 e. The second kappa shape index (κ2) is 5.86. The maximum atomic E-state index is 12.5. The minimum Gasteiger partial charge on any atom is -0.447 e. The highest BCUT2D eigenvalue weighted by Gasteiger charge is 2.27. The molecular weight excluding hydrogens is 312 g/mol. The van der Waals surface area contributed by atoms with Crippen molar-refractivity contribution in [3.63, 3.8) is 0 Å². The van der Waals surface area contributed by atoms with E-state index in [1.54, 1.807) is 36.0 Å². The first-order valence-electron chi connectivity index (χ1n) is 6.71. The molecule has 0 radical (unpaired) electrons. The van der Waals surface area contributed by atoms with Gasteiger partial charge in [-0.3, -0.25) is 4.90 Å². The predicted molar refractivity (Wildman–Crippen MR) is 81.0 cm³/mol. The van der Waals surface area contributed by atoms with E-state index < -0.39 is 16.1 Å². The number of hydrogen-bond acceptors (Lipinski definition) is 5. The van der Waals surface area contributed by atoms with Crippen LogP contribution >= 0.6 is 11.8 Å². The maximum absolute atomic E-state index is 12.5. The van der Waals surface area contributed by atoms with Crippen LogP contribution in [0, 0.1) is 0 Å². The van der Waals surface area contributed by atoms with Crippen LogP contribution in [-0.4, -0.2) is 50.1 Å². The van der Waals surface area contributed by atoms with Crippen molar-refractivity contribution < 1.29 is 17.9 Å². The van der Waals surface area contributed by atoms with Crippen LogP contribution in [0.2, 0.25) is 0 Å². The largest absolute Gasteiger partial charge is 0.447 e. The van der Waals surface area contributed by atoms with E-state index in [0.717, 1.165) is 12.2 Å². The van der Waals surface area contributed by atoms with Crippen molar-refractivity contribution in [2.24, 2.45) is 0 Å². The molecule has 114 valence electrons. The highest BCUT2D eigenvalue weighted by molar-refractivity contribution is 8.00. The number of anilines is 1. The van der Waals surface area contributed by atoms with Gasteiger partial charge in [0, 0.05) is 12.2 Å². The van der Waals surface area contributed by atoms with E-state index in [9.17, 15) is 13.2 Å². The molecule has 0 aliphatic carbocycles. The van der Waals surface area contributed by atoms with E-state index in [1.807, 2.05) is 0 Å². The van der Waals surface area contributed by atoms with Gasteiger partial charge in [0.25, 0.3) is 0 Å². The van der Waals surface area contributed by atoms with Gasteiger partial charge >= 0.3 is 6.09 Å². The third kappa shape index (κ3) is 2.88. The third-order valence-corrected chi connectivity index (χ3v) is 6.57. The number of sulfonamides is 1. The molecule has 2 saturated heterocycles. The minimum absolute atomic E-state index is 0.265. The molecule has 8 heteroatoms. The van der Waals surface area contributed by atoms with Crippen LogP contribution in [0.4, 0.5) is 10.5 Å². The second-order valence-electron chi connectivity index (χ2n) is 4.83. The zero-order valence-electron chi connectivity index (χ0n) is 11.4. The molecule has 1 amide bonds. The van der Waals surface area contributed by atoms with E-state index in [2.05, 4.69) is 0 Å². The van der Waals surface area contributed by atoms with Crippen LogP contribution in [0.15, 0.2) is 29.2 Å². The van der Waals surface area contributed by atoms with Gasteiger partial charge in [0.1, 0.15) is 6.61 Å². The monoisotopic (exact) mass is 328 g/mol. The average Bonchev–Trinajstić information content (AvgIpc) is 2.94. The summed E-state index contributed by atoms with van der Waals surface area (Å²) in [6, 6.07) is 6.40. The number of rotatable bonds is 3. The van der Waals surface area contributed by atoms with Crippen molar-refractivity contribution in [3.8, 4) is 0 Å². The SMILES string of the molecule is O=C1OCCN1c1ccc(S(=O)(=O)N2CCCSC2)cc1. The Hall–Kier alpha value is -1.25. The Morgan fingerprint density at radius 3 is 2.48 bits per heavy atom. The first kappa shape index (κ1) is 14.7. The standard InChI is InChI=1S/C13H16N2O4S2/c16-13-15(7-8-19-13)11-2-4-12(5-3-11)21(17,18)14-6-1-9-20-10-14/h2-5H,1,6-10H2. The number of amides is 1. The minimum atomic E-state index is -3.44. The Bertz CT molecular complexity index is 624. The summed E-state index contributed by atoms with van der Waals surface area (Å²) in [6.45, 7) is 1.42. The maximum Gasteiger partial charge on any atom is 0.414 e. The lowest BCUT2D eigenvalue weighted by molar-refractivity contribution is 0.181. The van der Waals surface area contributed by atoms with Gasteiger partial charge in [0.05, 0.1) is 17.3 Å². The Labute approximate surface area is 128 Å². The molecule has 2 heterocycles. The fourth-order valence-electron chi connectivity index (χ4n) is 2.34. The highest BCUT2D eigenvalue weighted by atomic mass is 32.2. The van der Waals surface area contributed by atoms with Crippen LogP contribution in [0.5, 0.6) is 0 Å². The lowest BCUT2D eigenvalue weighted by Crippen LogP contribution is -2.34. The highest BCUT2D eigenvalue weighted by Crippen LogP contribution is 2.25. The van der Waals surface area contributed by atoms with Crippen molar-refractivity contribution in [1.29, 1.82) is 0 Å². The molecular formula is C13H16N2O4S2. The number of ether oxygens (including phenoxy) is 1. The summed E-state index contributed by atoms with van der Waals surface area (Å²) in [5.41, 5.74) is 0.657. The number of cyclic esters (lactones) is 1. The molecule has 0 N–H and O–H groups in total. The fourth-order valence-corrected chi connectivity index (χ4v) is 5.06. The lowest BCUT2D eigenvalue weighted by atomic mass is 10.3. The number of carbonyl (C=O) groups is 1. The van der Waals surface area contributed by atoms with Gasteiger partial charge in [-0.15, -0.1) is 11.8 Å². The zero-order chi connectivity index (χ0) is 14.9. The summed E-state index contributed by atoms with van der Waals surface area (Å²) in [6.07, 6.45) is 0.486. The Morgan fingerprint density at radius 2 is 1.90 bits per heavy atom. The topological polar surface area (TPSA) is 66.9 Å². The molecule has 2 aliphatic heterocycles. The van der Waals surface area contributed by atoms with Gasteiger partial charge in [-0.05, 0) is 36.4 Å². The molecule has 0 aromatic heterocycles. The van der Waals surface area contributed by atoms with Crippen LogP contribution in [0.25, 0.3) is 0 Å². The normalized spacial score (nSPS) is 20.6. The number of nitrogens with zero attached hydrogens (tertiary/aromatic N) is 2. The molecule has 2 aliphatic rings. The van der Waals surface area contributed by atoms with Crippen molar-refractivity contribution >= 4 is 33.6 Å². The first-order valence-corrected chi connectivity index (χ1v) is 9.31. The molecule has 0 saturated carbocycles. The molecule has 1 aromatic carbocycles. The predicted octanol–water partition coefficient (Wildman–Crippen LogP) is 1.73. The van der Waals surface area contributed by atoms with Gasteiger partial charge in [0.2, 0.25) is 10.0 Å². The van der Waals surface area contributed by atoms with Gasteiger partial charge in [-0.2, -0.15) is 4.31 Å². The van der Waals surface area contributed by atoms with E-state index in [-0.39, 0.29) is 4.90 Å². The molecule has 0 bridgehead atoms. The van der Waals surface area contributed by atoms with Crippen molar-refractivity contribution in [3.05, 3.63) is 24.3 Å². The molecule has 2 fully saturated rings.